The van der Waals surface area contributed by atoms with Crippen LogP contribution in [0.3, 0.4) is 0 Å². The molecule has 5 heteroatoms. The van der Waals surface area contributed by atoms with Crippen molar-refractivity contribution in [1.82, 2.24) is 14.8 Å². The first-order chi connectivity index (χ1) is 9.22. The molecule has 0 amide bonds. The van der Waals surface area contributed by atoms with E-state index < -0.39 is 0 Å². The Labute approximate surface area is 115 Å². The maximum absolute atomic E-state index is 5.57. The Morgan fingerprint density at radius 3 is 2.84 bits per heavy atom. The molecule has 4 nitrogen and oxygen atoms in total. The van der Waals surface area contributed by atoms with E-state index in [1.807, 2.05) is 0 Å². The fourth-order valence-corrected chi connectivity index (χ4v) is 3.34. The lowest BCUT2D eigenvalue weighted by molar-refractivity contribution is 0.908. The molecule has 0 atom stereocenters. The summed E-state index contributed by atoms with van der Waals surface area (Å²) in [5, 5.41) is 11.8. The van der Waals surface area contributed by atoms with Gasteiger partial charge in [-0.05, 0) is 19.5 Å². The summed E-state index contributed by atoms with van der Waals surface area (Å²) in [5.74, 6) is 0. The van der Waals surface area contributed by atoms with Crippen LogP contribution in [-0.4, -0.2) is 21.3 Å². The van der Waals surface area contributed by atoms with E-state index >= 15 is 0 Å². The van der Waals surface area contributed by atoms with Crippen LogP contribution in [0, 0.1) is 6.92 Å². The third-order valence-corrected chi connectivity index (χ3v) is 4.44. The van der Waals surface area contributed by atoms with Crippen molar-refractivity contribution in [1.29, 1.82) is 0 Å². The Hall–Kier alpha value is -1.72. The lowest BCUT2D eigenvalue weighted by atomic mass is 10.1. The Morgan fingerprint density at radius 2 is 2.05 bits per heavy atom. The summed E-state index contributed by atoms with van der Waals surface area (Å²) in [6.45, 7) is 2.74. The Kier molecular flexibility index (Phi) is 3.08. The van der Waals surface area contributed by atoms with Crippen molar-refractivity contribution in [2.24, 2.45) is 12.8 Å². The molecule has 0 aliphatic heterocycles. The van der Waals surface area contributed by atoms with Crippen molar-refractivity contribution >= 4 is 22.2 Å². The van der Waals surface area contributed by atoms with Crippen LogP contribution in [0.5, 0.6) is 0 Å². The molecule has 19 heavy (non-hydrogen) atoms. The van der Waals surface area contributed by atoms with Crippen LogP contribution >= 0.6 is 11.3 Å². The molecule has 2 heterocycles. The molecule has 0 aliphatic rings. The molecule has 0 fully saturated rings. The fourth-order valence-electron chi connectivity index (χ4n) is 2.37. The number of hydrogen-bond acceptors (Lipinski definition) is 4. The van der Waals surface area contributed by atoms with Crippen molar-refractivity contribution in [3.8, 4) is 10.6 Å². The molecule has 0 saturated heterocycles. The Balaban J connectivity index is 2.21. The number of fused-ring (bicyclic) bond motifs is 1. The third-order valence-electron chi connectivity index (χ3n) is 3.44. The number of para-hydroxylation sites is 1. The zero-order chi connectivity index (χ0) is 13.4. The molecule has 2 N–H and O–H groups in total. The van der Waals surface area contributed by atoms with Crippen molar-refractivity contribution < 1.29 is 0 Å². The minimum Gasteiger partial charge on any atom is -0.347 e. The average molecular weight is 272 g/mol. The van der Waals surface area contributed by atoms with E-state index in [1.54, 1.807) is 11.3 Å². The number of nitrogens with zero attached hydrogens (tertiary/aromatic N) is 3. The first-order valence-electron chi connectivity index (χ1n) is 6.29. The molecule has 1 aromatic carbocycles. The highest BCUT2D eigenvalue weighted by Gasteiger charge is 2.16. The van der Waals surface area contributed by atoms with Crippen molar-refractivity contribution in [2.75, 3.05) is 6.54 Å². The predicted molar refractivity (Wildman–Crippen MR) is 79.3 cm³/mol. The molecule has 3 rings (SSSR count). The zero-order valence-electron chi connectivity index (χ0n) is 11.1. The molecule has 98 valence electrons. The van der Waals surface area contributed by atoms with Gasteiger partial charge >= 0.3 is 0 Å². The highest BCUT2D eigenvalue weighted by atomic mass is 32.1. The molecule has 0 bridgehead atoms. The molecule has 0 saturated carbocycles. The van der Waals surface area contributed by atoms with Gasteiger partial charge in [0, 0.05) is 35.6 Å². The van der Waals surface area contributed by atoms with Crippen molar-refractivity contribution in [3.05, 3.63) is 35.0 Å². The van der Waals surface area contributed by atoms with Gasteiger partial charge in [0.2, 0.25) is 0 Å². The molecule has 0 radical (unpaired) electrons. The van der Waals surface area contributed by atoms with Gasteiger partial charge in [-0.15, -0.1) is 10.2 Å². The molecular formula is C14H16N4S. The van der Waals surface area contributed by atoms with Gasteiger partial charge in [-0.2, -0.15) is 0 Å². The largest absolute Gasteiger partial charge is 0.347 e. The van der Waals surface area contributed by atoms with Crippen LogP contribution in [0.25, 0.3) is 21.5 Å². The van der Waals surface area contributed by atoms with E-state index in [0.717, 1.165) is 16.4 Å². The van der Waals surface area contributed by atoms with E-state index in [2.05, 4.69) is 53.0 Å². The normalized spacial score (nSPS) is 11.3. The van der Waals surface area contributed by atoms with E-state index in [-0.39, 0.29) is 0 Å². The van der Waals surface area contributed by atoms with Crippen LogP contribution < -0.4 is 5.73 Å². The maximum Gasteiger partial charge on any atom is 0.150 e. The highest BCUT2D eigenvalue weighted by molar-refractivity contribution is 7.14. The summed E-state index contributed by atoms with van der Waals surface area (Å²) < 4.78 is 2.20. The summed E-state index contributed by atoms with van der Waals surface area (Å²) >= 11 is 1.64. The lowest BCUT2D eigenvalue weighted by Crippen LogP contribution is -2.01. The Morgan fingerprint density at radius 1 is 1.26 bits per heavy atom. The summed E-state index contributed by atoms with van der Waals surface area (Å²) in [5.41, 5.74) is 9.21. The molecule has 3 aromatic rings. The van der Waals surface area contributed by atoms with Crippen LogP contribution in [0.1, 0.15) is 10.7 Å². The van der Waals surface area contributed by atoms with Gasteiger partial charge in [0.15, 0.2) is 0 Å². The molecule has 2 aromatic heterocycles. The molecular weight excluding hydrogens is 256 g/mol. The third kappa shape index (κ3) is 1.95. The Bertz CT molecular complexity index is 726. The van der Waals surface area contributed by atoms with Crippen LogP contribution in [-0.2, 0) is 13.5 Å². The fraction of sp³-hybridized carbons (Fsp3) is 0.286. The van der Waals surface area contributed by atoms with Gasteiger partial charge in [-0.25, -0.2) is 0 Å². The van der Waals surface area contributed by atoms with E-state index in [0.29, 0.717) is 6.54 Å². The topological polar surface area (TPSA) is 56.7 Å². The molecule has 0 spiro atoms. The minimum atomic E-state index is 0.614. The van der Waals surface area contributed by atoms with Gasteiger partial charge < -0.3 is 10.3 Å². The van der Waals surface area contributed by atoms with Gasteiger partial charge in [0.25, 0.3) is 0 Å². The second kappa shape index (κ2) is 4.75. The van der Waals surface area contributed by atoms with Crippen molar-refractivity contribution in [2.45, 2.75) is 13.3 Å². The van der Waals surface area contributed by atoms with E-state index in [9.17, 15) is 0 Å². The van der Waals surface area contributed by atoms with Crippen LogP contribution in [0.4, 0.5) is 0 Å². The number of benzene rings is 1. The minimum absolute atomic E-state index is 0.614. The van der Waals surface area contributed by atoms with Crippen molar-refractivity contribution in [3.63, 3.8) is 0 Å². The number of nitrogens with two attached hydrogens (primary N) is 1. The van der Waals surface area contributed by atoms with Gasteiger partial charge in [-0.1, -0.05) is 29.5 Å². The summed E-state index contributed by atoms with van der Waals surface area (Å²) in [7, 11) is 2.09. The second-order valence-corrected chi connectivity index (χ2v) is 5.64. The first kappa shape index (κ1) is 12.3. The van der Waals surface area contributed by atoms with Gasteiger partial charge in [0.05, 0.1) is 0 Å². The van der Waals surface area contributed by atoms with Gasteiger partial charge in [-0.3, -0.25) is 0 Å². The maximum atomic E-state index is 5.57. The number of aromatic nitrogens is 3. The number of rotatable bonds is 3. The van der Waals surface area contributed by atoms with Crippen LogP contribution in [0.2, 0.25) is 0 Å². The number of aryl methyl sites for hydroxylation is 1. The summed E-state index contributed by atoms with van der Waals surface area (Å²) in [6.07, 6.45) is 0.793. The SMILES string of the molecule is Cc1c(-c2nnc(CCN)s2)c2ccccc2n1C. The average Bonchev–Trinajstić information content (AvgIpc) is 2.96. The first-order valence-corrected chi connectivity index (χ1v) is 7.11. The van der Waals surface area contributed by atoms with E-state index in [4.69, 9.17) is 5.73 Å². The van der Waals surface area contributed by atoms with E-state index in [1.165, 1.54) is 22.2 Å². The predicted octanol–water partition coefficient (Wildman–Crippen LogP) is 2.51. The molecule has 0 aliphatic carbocycles. The standard InChI is InChI=1S/C14H16N4S/c1-9-13(14-17-16-12(19-14)7-8-15)10-5-3-4-6-11(10)18(9)2/h3-6H,7-8,15H2,1-2H3. The zero-order valence-corrected chi connectivity index (χ0v) is 11.9. The second-order valence-electron chi connectivity index (χ2n) is 4.58. The lowest BCUT2D eigenvalue weighted by Gasteiger charge is -1.98. The summed E-state index contributed by atoms with van der Waals surface area (Å²) in [6, 6.07) is 8.40. The van der Waals surface area contributed by atoms with Crippen LogP contribution in [0.15, 0.2) is 24.3 Å². The smallest absolute Gasteiger partial charge is 0.150 e. The summed E-state index contributed by atoms with van der Waals surface area (Å²) in [4.78, 5) is 0. The number of hydrogen-bond donors (Lipinski definition) is 1. The monoisotopic (exact) mass is 272 g/mol. The quantitative estimate of drug-likeness (QED) is 0.797. The molecule has 0 unspecified atom stereocenters. The van der Waals surface area contributed by atoms with Gasteiger partial charge in [0.1, 0.15) is 10.0 Å². The highest BCUT2D eigenvalue weighted by Crippen LogP contribution is 2.35.